The summed E-state index contributed by atoms with van der Waals surface area (Å²) in [5.41, 5.74) is -2.53. The third-order valence-electron chi connectivity index (χ3n) is 6.72. The van der Waals surface area contributed by atoms with Gasteiger partial charge in [0.25, 0.3) is 11.5 Å². The first-order valence-corrected chi connectivity index (χ1v) is 13.5. The zero-order valence-corrected chi connectivity index (χ0v) is 23.6. The van der Waals surface area contributed by atoms with E-state index in [-0.39, 0.29) is 24.4 Å². The number of carbonyl (C=O) groups excluding carboxylic acids is 2. The Kier molecular flexibility index (Phi) is 8.01. The molecule has 0 aliphatic carbocycles. The number of esters is 1. The van der Waals surface area contributed by atoms with Crippen molar-refractivity contribution in [2.45, 2.75) is 65.6 Å². The normalized spacial score (nSPS) is 13.4. The van der Waals surface area contributed by atoms with Crippen LogP contribution in [-0.4, -0.2) is 42.0 Å². The van der Waals surface area contributed by atoms with Gasteiger partial charge in [-0.15, -0.1) is 4.80 Å². The van der Waals surface area contributed by atoms with E-state index in [1.165, 1.54) is 35.6 Å². The standard InChI is InChI=1S/C27H29N7O5S/c1-6-16(2)31-25(37)27(5,15-28)33-22(36)21-17(3)23(34-29-12-13-30-34)40-24(21)32(26(33)38)14-11-19-9-7-8-10-20(19)39-18(4)35/h7-10,12-13,16H,6,11,14H2,1-5H3,(H,31,37). The van der Waals surface area contributed by atoms with Crippen molar-refractivity contribution >= 4 is 33.4 Å². The van der Waals surface area contributed by atoms with Crippen LogP contribution in [-0.2, 0) is 28.1 Å². The molecule has 3 aromatic heterocycles. The molecule has 0 aliphatic rings. The predicted molar refractivity (Wildman–Crippen MR) is 149 cm³/mol. The molecule has 0 bridgehead atoms. The van der Waals surface area contributed by atoms with Crippen molar-refractivity contribution in [3.63, 3.8) is 0 Å². The Hall–Kier alpha value is -4.57. The SMILES string of the molecule is CCC(C)NC(=O)C(C)(C#N)n1c(=O)c2c(C)c(-n3nccn3)sc2n(CCc2ccccc2OC(C)=O)c1=O. The summed E-state index contributed by atoms with van der Waals surface area (Å²) < 4.78 is 7.42. The molecule has 0 radical (unpaired) electrons. The van der Waals surface area contributed by atoms with E-state index < -0.39 is 28.7 Å². The molecule has 0 saturated heterocycles. The van der Waals surface area contributed by atoms with E-state index in [1.807, 2.05) is 13.0 Å². The fraction of sp³-hybridized carbons (Fsp3) is 0.370. The summed E-state index contributed by atoms with van der Waals surface area (Å²) in [4.78, 5) is 54.6. The molecule has 0 saturated carbocycles. The van der Waals surface area contributed by atoms with Crippen molar-refractivity contribution in [2.75, 3.05) is 0 Å². The number of nitrogens with zero attached hydrogens (tertiary/aromatic N) is 6. The van der Waals surface area contributed by atoms with Gasteiger partial charge in [-0.2, -0.15) is 15.5 Å². The van der Waals surface area contributed by atoms with Gasteiger partial charge in [0.05, 0.1) is 17.8 Å². The van der Waals surface area contributed by atoms with Gasteiger partial charge in [-0.1, -0.05) is 36.5 Å². The van der Waals surface area contributed by atoms with Gasteiger partial charge in [-0.05, 0) is 45.2 Å². The minimum absolute atomic E-state index is 0.0638. The molecular formula is C27H29N7O5S. The van der Waals surface area contributed by atoms with Crippen molar-refractivity contribution in [1.29, 1.82) is 5.26 Å². The van der Waals surface area contributed by atoms with Crippen molar-refractivity contribution in [3.05, 3.63) is 68.6 Å². The van der Waals surface area contributed by atoms with Gasteiger partial charge >= 0.3 is 11.7 Å². The van der Waals surface area contributed by atoms with Crippen molar-refractivity contribution in [2.24, 2.45) is 0 Å². The van der Waals surface area contributed by atoms with Crippen LogP contribution >= 0.6 is 11.3 Å². The number of fused-ring (bicyclic) bond motifs is 1. The summed E-state index contributed by atoms with van der Waals surface area (Å²) in [6.07, 6.45) is 3.84. The smallest absolute Gasteiger partial charge is 0.333 e. The maximum atomic E-state index is 14.0. The Morgan fingerprint density at radius 2 is 1.90 bits per heavy atom. The van der Waals surface area contributed by atoms with Crippen LogP contribution in [0.2, 0.25) is 0 Å². The lowest BCUT2D eigenvalue weighted by molar-refractivity contribution is -0.132. The van der Waals surface area contributed by atoms with Gasteiger partial charge in [-0.25, -0.2) is 9.36 Å². The Labute approximate surface area is 233 Å². The van der Waals surface area contributed by atoms with E-state index in [0.717, 1.165) is 15.9 Å². The number of aryl methyl sites for hydroxylation is 3. The molecule has 1 N–H and O–H groups in total. The van der Waals surface area contributed by atoms with Gasteiger partial charge in [0, 0.05) is 25.1 Å². The highest BCUT2D eigenvalue weighted by Gasteiger charge is 2.40. The number of para-hydroxylation sites is 1. The molecule has 4 rings (SSSR count). The second kappa shape index (κ2) is 11.3. The van der Waals surface area contributed by atoms with Gasteiger partial charge in [0.15, 0.2) is 0 Å². The monoisotopic (exact) mass is 563 g/mol. The highest BCUT2D eigenvalue weighted by molar-refractivity contribution is 7.21. The molecular weight excluding hydrogens is 534 g/mol. The number of thiophene rings is 1. The average molecular weight is 564 g/mol. The summed E-state index contributed by atoms with van der Waals surface area (Å²) in [7, 11) is 0. The number of hydrogen-bond acceptors (Lipinski definition) is 9. The Bertz CT molecular complexity index is 1750. The van der Waals surface area contributed by atoms with E-state index in [4.69, 9.17) is 4.74 Å². The second-order valence-corrected chi connectivity index (χ2v) is 10.5. The summed E-state index contributed by atoms with van der Waals surface area (Å²) in [6.45, 7) is 7.97. The van der Waals surface area contributed by atoms with Crippen LogP contribution in [0, 0.1) is 18.3 Å². The van der Waals surface area contributed by atoms with Crippen LogP contribution in [0.15, 0.2) is 46.2 Å². The van der Waals surface area contributed by atoms with Crippen LogP contribution in [0.4, 0.5) is 0 Å². The molecule has 208 valence electrons. The largest absolute Gasteiger partial charge is 0.426 e. The van der Waals surface area contributed by atoms with E-state index in [2.05, 4.69) is 15.5 Å². The molecule has 12 nitrogen and oxygen atoms in total. The first kappa shape index (κ1) is 28.4. The van der Waals surface area contributed by atoms with E-state index in [0.29, 0.717) is 33.1 Å². The highest BCUT2D eigenvalue weighted by atomic mass is 32.1. The Morgan fingerprint density at radius 1 is 1.23 bits per heavy atom. The quantitative estimate of drug-likeness (QED) is 0.241. The summed E-state index contributed by atoms with van der Waals surface area (Å²) >= 11 is 1.15. The molecule has 0 fully saturated rings. The molecule has 1 amide bonds. The Morgan fingerprint density at radius 3 is 2.52 bits per heavy atom. The number of nitrogens with one attached hydrogen (secondary N) is 1. The second-order valence-electron chi connectivity index (χ2n) is 9.52. The molecule has 1 aromatic carbocycles. The number of ether oxygens (including phenoxy) is 1. The Balaban J connectivity index is 1.96. The summed E-state index contributed by atoms with van der Waals surface area (Å²) in [5.74, 6) is -0.884. The minimum atomic E-state index is -2.12. The van der Waals surface area contributed by atoms with Crippen molar-refractivity contribution < 1.29 is 14.3 Å². The fourth-order valence-electron chi connectivity index (χ4n) is 4.30. The molecule has 0 spiro atoms. The lowest BCUT2D eigenvalue weighted by atomic mass is 10.0. The minimum Gasteiger partial charge on any atom is -0.426 e. The number of amides is 1. The number of benzene rings is 1. The topological polar surface area (TPSA) is 154 Å². The van der Waals surface area contributed by atoms with E-state index in [1.54, 1.807) is 38.1 Å². The molecule has 2 atom stereocenters. The van der Waals surface area contributed by atoms with Crippen molar-refractivity contribution in [3.8, 4) is 16.8 Å². The number of carbonyl (C=O) groups is 2. The molecule has 3 heterocycles. The van der Waals surface area contributed by atoms with Gasteiger partial charge in [0.2, 0.25) is 5.54 Å². The lowest BCUT2D eigenvalue weighted by Crippen LogP contribution is -2.57. The first-order valence-electron chi connectivity index (χ1n) is 12.7. The van der Waals surface area contributed by atoms with Crippen LogP contribution in [0.25, 0.3) is 15.2 Å². The number of aromatic nitrogens is 5. The zero-order valence-electron chi connectivity index (χ0n) is 22.8. The van der Waals surface area contributed by atoms with Crippen LogP contribution in [0.5, 0.6) is 5.75 Å². The molecule has 0 aliphatic heterocycles. The van der Waals surface area contributed by atoms with E-state index >= 15 is 0 Å². The van der Waals surface area contributed by atoms with Gasteiger partial charge < -0.3 is 10.1 Å². The lowest BCUT2D eigenvalue weighted by Gasteiger charge is -2.25. The number of rotatable bonds is 9. The maximum Gasteiger partial charge on any atom is 0.333 e. The van der Waals surface area contributed by atoms with Crippen molar-refractivity contribution in [1.82, 2.24) is 29.4 Å². The number of nitriles is 1. The third-order valence-corrected chi connectivity index (χ3v) is 8.00. The predicted octanol–water partition coefficient (Wildman–Crippen LogP) is 2.44. The van der Waals surface area contributed by atoms with Crippen LogP contribution in [0.3, 0.4) is 0 Å². The average Bonchev–Trinajstić information content (AvgIpc) is 3.57. The maximum absolute atomic E-state index is 14.0. The van der Waals surface area contributed by atoms with Gasteiger partial charge in [-0.3, -0.25) is 19.0 Å². The molecule has 40 heavy (non-hydrogen) atoms. The molecule has 2 unspecified atom stereocenters. The van der Waals surface area contributed by atoms with Crippen LogP contribution in [0.1, 0.15) is 45.2 Å². The zero-order chi connectivity index (χ0) is 29.2. The molecule has 4 aromatic rings. The van der Waals surface area contributed by atoms with E-state index in [9.17, 15) is 24.4 Å². The number of hydrogen-bond donors (Lipinski definition) is 1. The first-order chi connectivity index (χ1) is 19.0. The fourth-order valence-corrected chi connectivity index (χ4v) is 5.54. The third kappa shape index (κ3) is 5.05. The van der Waals surface area contributed by atoms with Gasteiger partial charge in [0.1, 0.15) is 21.7 Å². The summed E-state index contributed by atoms with van der Waals surface area (Å²) in [5, 5.41) is 21.9. The summed E-state index contributed by atoms with van der Waals surface area (Å²) in [6, 6.07) is 8.57. The van der Waals surface area contributed by atoms with Crippen LogP contribution < -0.4 is 21.3 Å². The molecule has 13 heteroatoms. The highest BCUT2D eigenvalue weighted by Crippen LogP contribution is 2.31.